The molecule has 0 aliphatic carbocycles. The molecule has 0 saturated heterocycles. The van der Waals surface area contributed by atoms with E-state index in [0.29, 0.717) is 6.42 Å². The minimum atomic E-state index is -4.58. The smallest absolute Gasteiger partial charge is 0.396 e. The Labute approximate surface area is 190 Å². The van der Waals surface area contributed by atoms with Crippen LogP contribution in [0.5, 0.6) is 0 Å². The number of nitrogens with one attached hydrogen (secondary N) is 2. The number of aliphatic hydroxyl groups excluding tert-OH is 1. The van der Waals surface area contributed by atoms with Crippen molar-refractivity contribution in [1.82, 2.24) is 15.0 Å². The van der Waals surface area contributed by atoms with Gasteiger partial charge >= 0.3 is 6.18 Å². The van der Waals surface area contributed by atoms with Gasteiger partial charge in [-0.1, -0.05) is 41.9 Å². The molecular weight excluding hydrogens is 457 g/mol. The maximum atomic E-state index is 13.1. The highest BCUT2D eigenvalue weighted by molar-refractivity contribution is 6.35. The molecule has 0 radical (unpaired) electrons. The summed E-state index contributed by atoms with van der Waals surface area (Å²) >= 11 is 6.02. The van der Waals surface area contributed by atoms with Crippen molar-refractivity contribution in [2.45, 2.75) is 12.6 Å². The molecule has 0 spiro atoms. The predicted molar refractivity (Wildman–Crippen MR) is 121 cm³/mol. The van der Waals surface area contributed by atoms with E-state index in [1.54, 1.807) is 12.3 Å². The van der Waals surface area contributed by atoms with Gasteiger partial charge in [0, 0.05) is 18.3 Å². The van der Waals surface area contributed by atoms with E-state index in [9.17, 15) is 23.1 Å². The molecular formula is C23H18ClF3N4O2. The summed E-state index contributed by atoms with van der Waals surface area (Å²) < 4.78 is 39.4. The standard InChI is InChI=1S/C23H18ClF3N4O2/c24-16-9-15(23(25,26)27)10-18-20(16)31-21(30-18)19-17(6-7-28-22(19)33)29-11-14(12-32)8-13-4-2-1-3-5-13/h1-7,9-11,14,32H,8,12H2,(H,28,33)(H,30,31). The Balaban J connectivity index is 1.72. The highest BCUT2D eigenvalue weighted by Crippen LogP contribution is 2.36. The summed E-state index contributed by atoms with van der Waals surface area (Å²) in [5, 5.41) is 9.55. The summed E-state index contributed by atoms with van der Waals surface area (Å²) in [6.45, 7) is -0.155. The zero-order chi connectivity index (χ0) is 23.6. The lowest BCUT2D eigenvalue weighted by atomic mass is 10.0. The Bertz CT molecular complexity index is 1360. The van der Waals surface area contributed by atoms with Crippen LogP contribution in [0.25, 0.3) is 22.4 Å². The van der Waals surface area contributed by atoms with Crippen LogP contribution in [0.1, 0.15) is 11.1 Å². The van der Waals surface area contributed by atoms with Crippen LogP contribution >= 0.6 is 11.6 Å². The van der Waals surface area contributed by atoms with Gasteiger partial charge in [-0.05, 0) is 30.2 Å². The number of pyridine rings is 1. The minimum Gasteiger partial charge on any atom is -0.396 e. The molecule has 0 saturated carbocycles. The summed E-state index contributed by atoms with van der Waals surface area (Å²) in [6.07, 6.45) is -1.09. The topological polar surface area (TPSA) is 94.1 Å². The van der Waals surface area contributed by atoms with Crippen molar-refractivity contribution in [1.29, 1.82) is 0 Å². The van der Waals surface area contributed by atoms with E-state index in [4.69, 9.17) is 11.6 Å². The normalized spacial score (nSPS) is 13.1. The fourth-order valence-corrected chi connectivity index (χ4v) is 3.69. The molecule has 2 aromatic heterocycles. The molecule has 4 aromatic rings. The van der Waals surface area contributed by atoms with Crippen LogP contribution in [0.2, 0.25) is 5.02 Å². The lowest BCUT2D eigenvalue weighted by Gasteiger charge is -2.09. The number of aromatic nitrogens is 3. The maximum absolute atomic E-state index is 13.1. The highest BCUT2D eigenvalue weighted by atomic mass is 35.5. The Kier molecular flexibility index (Phi) is 6.35. The molecule has 1 unspecified atom stereocenters. The SMILES string of the molecule is O=c1[nH]ccc(N=CC(CO)Cc2ccccc2)c1-c1nc2c(Cl)cc(C(F)(F)F)cc2[nH]1. The number of aliphatic hydroxyl groups is 1. The molecule has 0 aliphatic rings. The van der Waals surface area contributed by atoms with Crippen LogP contribution < -0.4 is 5.56 Å². The number of imidazole rings is 1. The molecule has 4 rings (SSSR count). The van der Waals surface area contributed by atoms with Crippen molar-refractivity contribution in [2.24, 2.45) is 10.9 Å². The minimum absolute atomic E-state index is 0.0313. The van der Waals surface area contributed by atoms with Crippen molar-refractivity contribution in [3.63, 3.8) is 0 Å². The first-order chi connectivity index (χ1) is 15.8. The van der Waals surface area contributed by atoms with Gasteiger partial charge in [0.05, 0.1) is 28.4 Å². The van der Waals surface area contributed by atoms with Crippen molar-refractivity contribution in [3.05, 3.63) is 81.2 Å². The van der Waals surface area contributed by atoms with Crippen molar-refractivity contribution < 1.29 is 18.3 Å². The van der Waals surface area contributed by atoms with Gasteiger partial charge in [-0.2, -0.15) is 13.2 Å². The first-order valence-corrected chi connectivity index (χ1v) is 10.3. The first-order valence-electron chi connectivity index (χ1n) is 9.93. The van der Waals surface area contributed by atoms with E-state index in [2.05, 4.69) is 19.9 Å². The Morgan fingerprint density at radius 2 is 1.94 bits per heavy atom. The van der Waals surface area contributed by atoms with Gasteiger partial charge in [-0.25, -0.2) is 4.98 Å². The van der Waals surface area contributed by atoms with Gasteiger partial charge in [-0.15, -0.1) is 0 Å². The number of hydrogen-bond donors (Lipinski definition) is 3. The summed E-state index contributed by atoms with van der Waals surface area (Å²) in [4.78, 5) is 26.5. The lowest BCUT2D eigenvalue weighted by molar-refractivity contribution is -0.137. The van der Waals surface area contributed by atoms with E-state index in [0.717, 1.165) is 17.7 Å². The van der Waals surface area contributed by atoms with E-state index >= 15 is 0 Å². The van der Waals surface area contributed by atoms with E-state index in [1.807, 2.05) is 30.3 Å². The number of aromatic amines is 2. The van der Waals surface area contributed by atoms with Gasteiger partial charge < -0.3 is 15.1 Å². The van der Waals surface area contributed by atoms with Crippen molar-refractivity contribution in [3.8, 4) is 11.4 Å². The third-order valence-corrected chi connectivity index (χ3v) is 5.33. The Morgan fingerprint density at radius 3 is 2.64 bits per heavy atom. The van der Waals surface area contributed by atoms with Crippen LogP contribution in [0.4, 0.5) is 18.9 Å². The first kappa shape index (κ1) is 22.8. The third-order valence-electron chi connectivity index (χ3n) is 5.04. The number of hydrogen-bond acceptors (Lipinski definition) is 4. The Hall–Kier alpha value is -3.43. The number of benzene rings is 2. The van der Waals surface area contributed by atoms with Gasteiger partial charge in [-0.3, -0.25) is 9.79 Å². The molecule has 0 aliphatic heterocycles. The second kappa shape index (κ2) is 9.21. The fraction of sp³-hybridized carbons (Fsp3) is 0.174. The number of fused-ring (bicyclic) bond motifs is 1. The summed E-state index contributed by atoms with van der Waals surface area (Å²) in [6, 6.07) is 12.8. The lowest BCUT2D eigenvalue weighted by Crippen LogP contribution is -2.12. The zero-order valence-corrected chi connectivity index (χ0v) is 17.8. The molecule has 0 bridgehead atoms. The van der Waals surface area contributed by atoms with Crippen LogP contribution in [-0.4, -0.2) is 32.9 Å². The molecule has 170 valence electrons. The predicted octanol–water partition coefficient (Wildman–Crippen LogP) is 5.14. The zero-order valence-electron chi connectivity index (χ0n) is 17.0. The van der Waals surface area contributed by atoms with Crippen LogP contribution in [-0.2, 0) is 12.6 Å². The van der Waals surface area contributed by atoms with Crippen molar-refractivity contribution >= 4 is 34.5 Å². The summed E-state index contributed by atoms with van der Waals surface area (Å²) in [7, 11) is 0. The monoisotopic (exact) mass is 474 g/mol. The van der Waals surface area contributed by atoms with Gasteiger partial charge in [0.2, 0.25) is 0 Å². The average molecular weight is 475 g/mol. The number of nitrogens with zero attached hydrogens (tertiary/aromatic N) is 2. The van der Waals surface area contributed by atoms with Gasteiger partial charge in [0.25, 0.3) is 5.56 Å². The number of H-pyrrole nitrogens is 2. The third kappa shape index (κ3) is 4.99. The number of rotatable bonds is 6. The van der Waals surface area contributed by atoms with Crippen molar-refractivity contribution in [2.75, 3.05) is 6.61 Å². The molecule has 1 atom stereocenters. The molecule has 6 nitrogen and oxygen atoms in total. The van der Waals surface area contributed by atoms with E-state index in [1.165, 1.54) is 6.20 Å². The maximum Gasteiger partial charge on any atom is 0.416 e. The fourth-order valence-electron chi connectivity index (χ4n) is 3.43. The largest absolute Gasteiger partial charge is 0.416 e. The number of alkyl halides is 3. The summed E-state index contributed by atoms with van der Waals surface area (Å²) in [5.74, 6) is -0.275. The second-order valence-electron chi connectivity index (χ2n) is 7.41. The molecule has 3 N–H and O–H groups in total. The van der Waals surface area contributed by atoms with Crippen LogP contribution in [0.15, 0.2) is 64.5 Å². The number of aliphatic imine (C=N–C) groups is 1. The molecule has 33 heavy (non-hydrogen) atoms. The molecule has 2 aromatic carbocycles. The van der Waals surface area contributed by atoms with Gasteiger partial charge in [0.1, 0.15) is 16.9 Å². The molecule has 0 fully saturated rings. The summed E-state index contributed by atoms with van der Waals surface area (Å²) in [5.41, 5.74) is 0.000987. The quantitative estimate of drug-likeness (QED) is 0.337. The van der Waals surface area contributed by atoms with Crippen LogP contribution in [0, 0.1) is 5.92 Å². The Morgan fingerprint density at radius 1 is 1.18 bits per heavy atom. The number of halogens is 4. The van der Waals surface area contributed by atoms with E-state index in [-0.39, 0.29) is 45.7 Å². The second-order valence-corrected chi connectivity index (χ2v) is 7.82. The highest BCUT2D eigenvalue weighted by Gasteiger charge is 2.32. The molecule has 10 heteroatoms. The average Bonchev–Trinajstić information content (AvgIpc) is 3.21. The van der Waals surface area contributed by atoms with E-state index < -0.39 is 17.3 Å². The molecule has 0 amide bonds. The van der Waals surface area contributed by atoms with Crippen LogP contribution in [0.3, 0.4) is 0 Å². The molecule has 2 heterocycles. The van der Waals surface area contributed by atoms with Gasteiger partial charge in [0.15, 0.2) is 0 Å².